The summed E-state index contributed by atoms with van der Waals surface area (Å²) in [4.78, 5) is 25.0. The van der Waals surface area contributed by atoms with Crippen molar-refractivity contribution in [1.29, 1.82) is 0 Å². The van der Waals surface area contributed by atoms with Crippen molar-refractivity contribution in [3.63, 3.8) is 0 Å². The second-order valence-electron chi connectivity index (χ2n) is 5.28. The Hall–Kier alpha value is -2.29. The lowest BCUT2D eigenvalue weighted by molar-refractivity contribution is -0.217. The number of likely N-dealkylation sites (N-methyl/N-ethyl adjacent to an activating group) is 1. The Morgan fingerprint density at radius 3 is 2.43 bits per heavy atom. The fourth-order valence-corrected chi connectivity index (χ4v) is 2.59. The van der Waals surface area contributed by atoms with Gasteiger partial charge >= 0.3 is 12.1 Å². The van der Waals surface area contributed by atoms with Gasteiger partial charge in [-0.15, -0.1) is 0 Å². The molecule has 0 saturated carbocycles. The molecule has 1 aliphatic rings. The highest BCUT2D eigenvalue weighted by atomic mass is 19.4. The van der Waals surface area contributed by atoms with Crippen LogP contribution in [0.3, 0.4) is 0 Å². The minimum absolute atomic E-state index is 0.224. The average molecular weight is 331 g/mol. The van der Waals surface area contributed by atoms with Gasteiger partial charge in [0.05, 0.1) is 7.11 Å². The minimum atomic E-state index is -4.97. The predicted octanol–water partition coefficient (Wildman–Crippen LogP) is 0.630. The maximum Gasteiger partial charge on any atom is 0.419 e. The van der Waals surface area contributed by atoms with Crippen LogP contribution >= 0.6 is 0 Å². The smallest absolute Gasteiger partial charge is 0.419 e. The summed E-state index contributed by atoms with van der Waals surface area (Å²) in [6.45, 7) is -0.224. The highest BCUT2D eigenvalue weighted by molar-refractivity contribution is 5.92. The molecule has 1 aromatic rings. The van der Waals surface area contributed by atoms with Crippen LogP contribution in [0.4, 0.5) is 18.9 Å². The molecule has 0 aliphatic carbocycles. The van der Waals surface area contributed by atoms with E-state index in [0.29, 0.717) is 0 Å². The van der Waals surface area contributed by atoms with Gasteiger partial charge in [0.15, 0.2) is 0 Å². The number of carbonyl (C=O) groups is 2. The maximum atomic E-state index is 13.9. The summed E-state index contributed by atoms with van der Waals surface area (Å²) in [5.41, 5.74) is 2.37. The molecule has 0 aromatic heterocycles. The number of halogens is 3. The Morgan fingerprint density at radius 2 is 1.96 bits per heavy atom. The zero-order chi connectivity index (χ0) is 17.4. The number of anilines is 1. The second kappa shape index (κ2) is 5.73. The Balaban J connectivity index is 2.61. The third kappa shape index (κ3) is 2.72. The fourth-order valence-electron chi connectivity index (χ4n) is 2.59. The lowest BCUT2D eigenvalue weighted by Crippen LogP contribution is -2.72. The van der Waals surface area contributed by atoms with Crippen LogP contribution in [0.25, 0.3) is 0 Å². The quantitative estimate of drug-likeness (QED) is 0.613. The van der Waals surface area contributed by atoms with E-state index < -0.39 is 29.6 Å². The number of piperazine rings is 1. The molecule has 3 N–H and O–H groups in total. The molecule has 0 radical (unpaired) electrons. The van der Waals surface area contributed by atoms with E-state index in [4.69, 9.17) is 5.73 Å². The molecule has 1 amide bonds. The number of ether oxygens (including phenoxy) is 1. The van der Waals surface area contributed by atoms with E-state index in [1.165, 1.54) is 19.2 Å². The van der Waals surface area contributed by atoms with Crippen LogP contribution < -0.4 is 11.1 Å². The molecular weight excluding hydrogens is 315 g/mol. The second-order valence-corrected chi connectivity index (χ2v) is 5.28. The van der Waals surface area contributed by atoms with Crippen molar-refractivity contribution >= 4 is 17.6 Å². The van der Waals surface area contributed by atoms with Crippen molar-refractivity contribution in [3.8, 4) is 0 Å². The normalized spacial score (nSPS) is 25.3. The topological polar surface area (TPSA) is 84.7 Å². The molecule has 1 saturated heterocycles. The lowest BCUT2D eigenvalue weighted by atomic mass is 9.84. The van der Waals surface area contributed by atoms with Gasteiger partial charge in [0.1, 0.15) is 6.04 Å². The first-order valence-corrected chi connectivity index (χ1v) is 6.67. The zero-order valence-electron chi connectivity index (χ0n) is 12.5. The molecule has 126 valence electrons. The number of benzene rings is 1. The van der Waals surface area contributed by atoms with Gasteiger partial charge in [-0.25, -0.2) is 0 Å². The number of nitrogens with zero attached hydrogens (tertiary/aromatic N) is 1. The van der Waals surface area contributed by atoms with E-state index >= 15 is 0 Å². The maximum absolute atomic E-state index is 13.9. The first-order chi connectivity index (χ1) is 10.6. The Labute approximate surface area is 130 Å². The van der Waals surface area contributed by atoms with Crippen LogP contribution in [0.15, 0.2) is 24.3 Å². The summed E-state index contributed by atoms with van der Waals surface area (Å²) in [6, 6.07) is 3.45. The number of amides is 1. The van der Waals surface area contributed by atoms with E-state index in [2.05, 4.69) is 10.1 Å². The molecule has 0 bridgehead atoms. The molecule has 1 unspecified atom stereocenters. The van der Waals surface area contributed by atoms with Gasteiger partial charge in [-0.2, -0.15) is 13.2 Å². The van der Waals surface area contributed by atoms with Gasteiger partial charge in [0.25, 0.3) is 5.91 Å². The summed E-state index contributed by atoms with van der Waals surface area (Å²) in [5.74, 6) is -2.08. The molecular formula is C14H16F3N3O3. The van der Waals surface area contributed by atoms with Crippen LogP contribution in [0.5, 0.6) is 0 Å². The van der Waals surface area contributed by atoms with Gasteiger partial charge < -0.3 is 15.4 Å². The number of nitrogens with one attached hydrogen (secondary N) is 1. The summed E-state index contributed by atoms with van der Waals surface area (Å²) in [7, 11) is 2.27. The van der Waals surface area contributed by atoms with Crippen molar-refractivity contribution in [3.05, 3.63) is 29.8 Å². The standard InChI is InChI=1S/C14H16F3N3O3/c1-20-7-10(11(21)23-2)19-13(12(20)22,14(15,16)17)8-3-5-9(18)6-4-8/h3-6,10,19H,7,18H2,1-2H3/t10-,13?/m0/s1. The van der Waals surface area contributed by atoms with Gasteiger partial charge in [-0.1, -0.05) is 12.1 Å². The van der Waals surface area contributed by atoms with E-state index in [9.17, 15) is 22.8 Å². The molecule has 2 rings (SSSR count). The number of rotatable bonds is 2. The monoisotopic (exact) mass is 331 g/mol. The van der Waals surface area contributed by atoms with Crippen molar-refractivity contribution in [2.24, 2.45) is 0 Å². The fraction of sp³-hybridized carbons (Fsp3) is 0.429. The van der Waals surface area contributed by atoms with Crippen LogP contribution in [-0.4, -0.2) is 49.7 Å². The Bertz CT molecular complexity index is 618. The zero-order valence-corrected chi connectivity index (χ0v) is 12.5. The number of hydrogen-bond acceptors (Lipinski definition) is 5. The van der Waals surface area contributed by atoms with Gasteiger partial charge in [-0.3, -0.25) is 14.9 Å². The molecule has 1 heterocycles. The number of nitrogens with two attached hydrogens (primary N) is 1. The first kappa shape index (κ1) is 17.1. The lowest BCUT2D eigenvalue weighted by Gasteiger charge is -2.45. The van der Waals surface area contributed by atoms with E-state index in [-0.39, 0.29) is 17.8 Å². The molecule has 1 aliphatic heterocycles. The summed E-state index contributed by atoms with van der Waals surface area (Å²) < 4.78 is 46.1. The number of nitrogen functional groups attached to an aromatic ring is 1. The number of carbonyl (C=O) groups excluding carboxylic acids is 2. The summed E-state index contributed by atoms with van der Waals surface area (Å²) in [6.07, 6.45) is -4.97. The molecule has 1 fully saturated rings. The third-order valence-corrected chi connectivity index (χ3v) is 3.77. The molecule has 0 spiro atoms. The molecule has 2 atom stereocenters. The van der Waals surface area contributed by atoms with Crippen molar-refractivity contribution in [1.82, 2.24) is 10.2 Å². The van der Waals surface area contributed by atoms with Crippen LogP contribution in [-0.2, 0) is 19.9 Å². The van der Waals surface area contributed by atoms with Crippen molar-refractivity contribution in [2.45, 2.75) is 17.8 Å². The summed E-state index contributed by atoms with van der Waals surface area (Å²) in [5, 5.41) is 2.14. The molecule has 9 heteroatoms. The number of hydrogen-bond donors (Lipinski definition) is 2. The molecule has 23 heavy (non-hydrogen) atoms. The Kier molecular flexibility index (Phi) is 4.25. The summed E-state index contributed by atoms with van der Waals surface area (Å²) >= 11 is 0. The predicted molar refractivity (Wildman–Crippen MR) is 75.2 cm³/mol. The Morgan fingerprint density at radius 1 is 1.39 bits per heavy atom. The molecule has 6 nitrogen and oxygen atoms in total. The van der Waals surface area contributed by atoms with Crippen molar-refractivity contribution < 1.29 is 27.5 Å². The van der Waals surface area contributed by atoms with Crippen LogP contribution in [0.2, 0.25) is 0 Å². The number of alkyl halides is 3. The van der Waals surface area contributed by atoms with Crippen LogP contribution in [0.1, 0.15) is 5.56 Å². The number of esters is 1. The van der Waals surface area contributed by atoms with E-state index in [0.717, 1.165) is 24.1 Å². The van der Waals surface area contributed by atoms with Crippen molar-refractivity contribution in [2.75, 3.05) is 26.4 Å². The largest absolute Gasteiger partial charge is 0.468 e. The highest BCUT2D eigenvalue weighted by Crippen LogP contribution is 2.42. The average Bonchev–Trinajstić information content (AvgIpc) is 2.48. The van der Waals surface area contributed by atoms with Gasteiger partial charge in [-0.05, 0) is 17.7 Å². The van der Waals surface area contributed by atoms with E-state index in [1.54, 1.807) is 0 Å². The molecule has 1 aromatic carbocycles. The van der Waals surface area contributed by atoms with Gasteiger partial charge in [0.2, 0.25) is 5.54 Å². The van der Waals surface area contributed by atoms with Crippen LogP contribution in [0, 0.1) is 0 Å². The van der Waals surface area contributed by atoms with Gasteiger partial charge in [0, 0.05) is 19.3 Å². The van der Waals surface area contributed by atoms with E-state index in [1.807, 2.05) is 0 Å². The first-order valence-electron chi connectivity index (χ1n) is 6.67. The third-order valence-electron chi connectivity index (χ3n) is 3.77. The number of methoxy groups -OCH3 is 1. The SMILES string of the molecule is COC(=O)[C@@H]1CN(C)C(=O)C(c2ccc(N)cc2)(C(F)(F)F)N1. The highest BCUT2D eigenvalue weighted by Gasteiger charge is 2.65. The minimum Gasteiger partial charge on any atom is -0.468 e.